The van der Waals surface area contributed by atoms with Crippen molar-refractivity contribution in [3.63, 3.8) is 0 Å². The maximum Gasteiger partial charge on any atom is 0.334 e. The zero-order chi connectivity index (χ0) is 24.8. The van der Waals surface area contributed by atoms with Gasteiger partial charge in [0.15, 0.2) is 0 Å². The Morgan fingerprint density at radius 2 is 1.66 bits per heavy atom. The molecular weight excluding hydrogens is 442 g/mol. The summed E-state index contributed by atoms with van der Waals surface area (Å²) in [5.41, 5.74) is 2.15. The van der Waals surface area contributed by atoms with Gasteiger partial charge in [0.2, 0.25) is 11.8 Å². The van der Waals surface area contributed by atoms with Crippen LogP contribution in [-0.4, -0.2) is 76.6 Å². The van der Waals surface area contributed by atoms with Crippen LogP contribution in [0.4, 0.5) is 4.79 Å². The van der Waals surface area contributed by atoms with E-state index in [1.165, 1.54) is 0 Å². The highest BCUT2D eigenvalue weighted by Crippen LogP contribution is 2.28. The van der Waals surface area contributed by atoms with Gasteiger partial charge in [-0.2, -0.15) is 0 Å². The first-order valence-electron chi connectivity index (χ1n) is 12.5. The standard InChI is InChI=1S/C27H35N5O3/c1-3-4-15-23-26(34)30(17-16-21-11-7-5-8-12-21)19-24-31(23)25(33)20-29(2)32(24)27(35)28-18-22-13-9-6-10-14-22/h5-14,23-24H,3-4,15-20H2,1-2H3,(H,28,35)/t23-,24-/m0/s1. The fourth-order valence-corrected chi connectivity index (χ4v) is 4.94. The third kappa shape index (κ3) is 5.65. The van der Waals surface area contributed by atoms with Crippen molar-refractivity contribution in [1.29, 1.82) is 0 Å². The third-order valence-electron chi connectivity index (χ3n) is 6.78. The van der Waals surface area contributed by atoms with Gasteiger partial charge in [0.1, 0.15) is 12.2 Å². The van der Waals surface area contributed by atoms with Gasteiger partial charge in [-0.05, 0) is 24.0 Å². The summed E-state index contributed by atoms with van der Waals surface area (Å²) in [6.07, 6.45) is 2.57. The lowest BCUT2D eigenvalue weighted by Gasteiger charge is -2.54. The molecule has 2 atom stereocenters. The number of nitrogens with zero attached hydrogens (tertiary/aromatic N) is 4. The second-order valence-corrected chi connectivity index (χ2v) is 9.26. The number of amides is 4. The largest absolute Gasteiger partial charge is 0.337 e. The Bertz CT molecular complexity index is 1020. The number of fused-ring (bicyclic) bond motifs is 1. The molecule has 0 aromatic heterocycles. The van der Waals surface area contributed by atoms with E-state index in [1.54, 1.807) is 22.0 Å². The van der Waals surface area contributed by atoms with Crippen molar-refractivity contribution < 1.29 is 14.4 Å². The predicted molar refractivity (Wildman–Crippen MR) is 134 cm³/mol. The number of hydrazine groups is 1. The minimum Gasteiger partial charge on any atom is -0.337 e. The number of nitrogens with one attached hydrogen (secondary N) is 1. The summed E-state index contributed by atoms with van der Waals surface area (Å²) in [5.74, 6) is -0.130. The summed E-state index contributed by atoms with van der Waals surface area (Å²) >= 11 is 0. The molecule has 8 heteroatoms. The Labute approximate surface area is 207 Å². The van der Waals surface area contributed by atoms with Crippen LogP contribution in [0.1, 0.15) is 37.3 Å². The summed E-state index contributed by atoms with van der Waals surface area (Å²) in [5, 5.41) is 6.28. The minimum atomic E-state index is -0.546. The topological polar surface area (TPSA) is 76.2 Å². The smallest absolute Gasteiger partial charge is 0.334 e. The number of carbonyl (C=O) groups is 3. The molecule has 2 aromatic rings. The highest BCUT2D eigenvalue weighted by Gasteiger charge is 2.50. The summed E-state index contributed by atoms with van der Waals surface area (Å²) in [6, 6.07) is 19.0. The number of unbranched alkanes of at least 4 members (excludes halogenated alkanes) is 1. The minimum absolute atomic E-state index is 0.0202. The number of carbonyl (C=O) groups excluding carboxylic acids is 3. The molecule has 0 saturated carbocycles. The Kier molecular flexibility index (Phi) is 8.02. The van der Waals surface area contributed by atoms with Crippen LogP contribution in [0.5, 0.6) is 0 Å². The van der Waals surface area contributed by atoms with E-state index in [-0.39, 0.29) is 24.4 Å². The van der Waals surface area contributed by atoms with Crippen LogP contribution in [0.2, 0.25) is 0 Å². The fourth-order valence-electron chi connectivity index (χ4n) is 4.94. The number of hydrogen-bond acceptors (Lipinski definition) is 4. The van der Waals surface area contributed by atoms with Crippen LogP contribution in [0.25, 0.3) is 0 Å². The van der Waals surface area contributed by atoms with E-state index < -0.39 is 12.2 Å². The molecule has 2 aromatic carbocycles. The van der Waals surface area contributed by atoms with Crippen molar-refractivity contribution in [2.75, 3.05) is 26.7 Å². The molecule has 8 nitrogen and oxygen atoms in total. The van der Waals surface area contributed by atoms with Gasteiger partial charge in [-0.25, -0.2) is 14.8 Å². The number of hydrogen-bond donors (Lipinski definition) is 1. The zero-order valence-corrected chi connectivity index (χ0v) is 20.6. The molecule has 2 aliphatic heterocycles. The zero-order valence-electron chi connectivity index (χ0n) is 20.6. The molecule has 0 bridgehead atoms. The Morgan fingerprint density at radius 1 is 1.00 bits per heavy atom. The summed E-state index contributed by atoms with van der Waals surface area (Å²) in [7, 11) is 1.75. The number of urea groups is 1. The van der Waals surface area contributed by atoms with Gasteiger partial charge < -0.3 is 15.1 Å². The summed E-state index contributed by atoms with van der Waals surface area (Å²) in [6.45, 7) is 3.37. The lowest BCUT2D eigenvalue weighted by Crippen LogP contribution is -2.76. The highest BCUT2D eigenvalue weighted by molar-refractivity contribution is 5.91. The number of likely N-dealkylation sites (N-methyl/N-ethyl adjacent to an activating group) is 1. The molecule has 2 fully saturated rings. The molecule has 4 rings (SSSR count). The van der Waals surface area contributed by atoms with Gasteiger partial charge in [0, 0.05) is 20.1 Å². The van der Waals surface area contributed by atoms with Crippen LogP contribution in [0.15, 0.2) is 60.7 Å². The molecule has 4 amide bonds. The van der Waals surface area contributed by atoms with Crippen molar-refractivity contribution in [2.24, 2.45) is 0 Å². The first-order chi connectivity index (χ1) is 17.0. The second kappa shape index (κ2) is 11.4. The van der Waals surface area contributed by atoms with Gasteiger partial charge in [0.05, 0.1) is 13.1 Å². The van der Waals surface area contributed by atoms with Crippen molar-refractivity contribution in [1.82, 2.24) is 25.1 Å². The van der Waals surface area contributed by atoms with E-state index in [1.807, 2.05) is 53.4 Å². The predicted octanol–water partition coefficient (Wildman–Crippen LogP) is 2.86. The lowest BCUT2D eigenvalue weighted by molar-refractivity contribution is -0.187. The average Bonchev–Trinajstić information content (AvgIpc) is 2.87. The summed E-state index contributed by atoms with van der Waals surface area (Å²) < 4.78 is 0. The molecule has 2 aliphatic rings. The average molecular weight is 478 g/mol. The number of piperazine rings is 1. The first-order valence-corrected chi connectivity index (χ1v) is 12.5. The molecule has 0 aliphatic carbocycles. The van der Waals surface area contributed by atoms with Crippen LogP contribution in [0, 0.1) is 0 Å². The fraction of sp³-hybridized carbons (Fsp3) is 0.444. The molecule has 0 spiro atoms. The van der Waals surface area contributed by atoms with Crippen LogP contribution >= 0.6 is 0 Å². The first kappa shape index (κ1) is 24.7. The van der Waals surface area contributed by atoms with Gasteiger partial charge >= 0.3 is 6.03 Å². The van der Waals surface area contributed by atoms with E-state index in [4.69, 9.17) is 0 Å². The van der Waals surface area contributed by atoms with Crippen molar-refractivity contribution in [3.05, 3.63) is 71.8 Å². The van der Waals surface area contributed by atoms with Crippen LogP contribution in [-0.2, 0) is 22.6 Å². The third-order valence-corrected chi connectivity index (χ3v) is 6.78. The Hall–Kier alpha value is -3.39. The Balaban J connectivity index is 1.55. The second-order valence-electron chi connectivity index (χ2n) is 9.26. The number of benzene rings is 2. The normalized spacial score (nSPS) is 20.7. The molecule has 0 radical (unpaired) electrons. The van der Waals surface area contributed by atoms with Gasteiger partial charge in [0.25, 0.3) is 0 Å². The maximum absolute atomic E-state index is 13.5. The van der Waals surface area contributed by atoms with Crippen molar-refractivity contribution >= 4 is 17.8 Å². The number of rotatable bonds is 8. The molecule has 2 saturated heterocycles. The molecule has 0 unspecified atom stereocenters. The highest BCUT2D eigenvalue weighted by atomic mass is 16.2. The monoisotopic (exact) mass is 477 g/mol. The molecule has 186 valence electrons. The molecule has 35 heavy (non-hydrogen) atoms. The molecular formula is C27H35N5O3. The lowest BCUT2D eigenvalue weighted by atomic mass is 10.0. The van der Waals surface area contributed by atoms with Crippen molar-refractivity contribution in [3.8, 4) is 0 Å². The molecule has 1 N–H and O–H groups in total. The van der Waals surface area contributed by atoms with Gasteiger partial charge in [-0.1, -0.05) is 80.4 Å². The SMILES string of the molecule is CCCC[C@H]1C(=O)N(CCc2ccccc2)C[C@H]2N1C(=O)CN(C)N2C(=O)NCc1ccccc1. The van der Waals surface area contributed by atoms with E-state index in [0.717, 1.165) is 30.4 Å². The molecule has 2 heterocycles. The van der Waals surface area contributed by atoms with E-state index >= 15 is 0 Å². The van der Waals surface area contributed by atoms with Gasteiger partial charge in [-0.15, -0.1) is 0 Å². The summed E-state index contributed by atoms with van der Waals surface area (Å²) in [4.78, 5) is 43.5. The Morgan fingerprint density at radius 3 is 2.31 bits per heavy atom. The van der Waals surface area contributed by atoms with Crippen molar-refractivity contribution in [2.45, 2.75) is 51.4 Å². The van der Waals surface area contributed by atoms with E-state index in [9.17, 15) is 14.4 Å². The van der Waals surface area contributed by atoms with Crippen LogP contribution in [0.3, 0.4) is 0 Å². The van der Waals surface area contributed by atoms with Gasteiger partial charge in [-0.3, -0.25) is 9.59 Å². The maximum atomic E-state index is 13.5. The van der Waals surface area contributed by atoms with E-state index in [2.05, 4.69) is 24.4 Å². The van der Waals surface area contributed by atoms with Crippen LogP contribution < -0.4 is 5.32 Å². The quantitative estimate of drug-likeness (QED) is 0.634. The van der Waals surface area contributed by atoms with E-state index in [0.29, 0.717) is 26.1 Å².